The summed E-state index contributed by atoms with van der Waals surface area (Å²) in [5.74, 6) is -1.13. The Morgan fingerprint density at radius 3 is 2.73 bits per heavy atom. The van der Waals surface area contributed by atoms with Crippen LogP contribution >= 0.6 is 0 Å². The monoisotopic (exact) mass is 330 g/mol. The van der Waals surface area contributed by atoms with Crippen LogP contribution in [0.5, 0.6) is 5.75 Å². The molecule has 0 aromatic heterocycles. The van der Waals surface area contributed by atoms with Gasteiger partial charge in [0.2, 0.25) is 0 Å². The first-order valence-electron chi connectivity index (χ1n) is 6.36. The van der Waals surface area contributed by atoms with Crippen LogP contribution in [0.25, 0.3) is 0 Å². The lowest BCUT2D eigenvalue weighted by atomic mass is 10.2. The van der Waals surface area contributed by atoms with Gasteiger partial charge in [0.1, 0.15) is 11.8 Å². The molecule has 1 fully saturated rings. The molecule has 0 bridgehead atoms. The quantitative estimate of drug-likeness (QED) is 0.626. The molecule has 1 atom stereocenters. The Morgan fingerprint density at radius 1 is 1.50 bits per heavy atom. The summed E-state index contributed by atoms with van der Waals surface area (Å²) in [6, 6.07) is 2.14. The van der Waals surface area contributed by atoms with Crippen LogP contribution in [0.2, 0.25) is 0 Å². The molecule has 22 heavy (non-hydrogen) atoms. The molecule has 0 aliphatic carbocycles. The average Bonchev–Trinajstić information content (AvgIpc) is 2.96. The van der Waals surface area contributed by atoms with E-state index in [4.69, 9.17) is 9.84 Å². The van der Waals surface area contributed by atoms with Crippen LogP contribution in [-0.4, -0.2) is 48.4 Å². The van der Waals surface area contributed by atoms with Gasteiger partial charge in [-0.3, -0.25) is 14.9 Å². The molecule has 0 unspecified atom stereocenters. The second-order valence-electron chi connectivity index (χ2n) is 4.70. The van der Waals surface area contributed by atoms with Gasteiger partial charge in [0.05, 0.1) is 18.1 Å². The minimum Gasteiger partial charge on any atom is -0.497 e. The van der Waals surface area contributed by atoms with E-state index in [0.717, 1.165) is 16.4 Å². The minimum atomic E-state index is -4.28. The van der Waals surface area contributed by atoms with Gasteiger partial charge in [-0.1, -0.05) is 0 Å². The van der Waals surface area contributed by atoms with Gasteiger partial charge < -0.3 is 9.84 Å². The second kappa shape index (κ2) is 5.89. The van der Waals surface area contributed by atoms with E-state index in [1.165, 1.54) is 13.2 Å². The molecule has 9 nitrogen and oxygen atoms in total. The molecule has 0 radical (unpaired) electrons. The van der Waals surface area contributed by atoms with Gasteiger partial charge >= 0.3 is 5.97 Å². The molecule has 2 rings (SSSR count). The molecule has 0 amide bonds. The van der Waals surface area contributed by atoms with Crippen molar-refractivity contribution in [1.82, 2.24) is 4.31 Å². The molecule has 0 saturated carbocycles. The number of hydrogen-bond donors (Lipinski definition) is 1. The number of carboxylic acids is 1. The molecule has 1 aromatic rings. The van der Waals surface area contributed by atoms with Crippen molar-refractivity contribution in [3.05, 3.63) is 28.3 Å². The van der Waals surface area contributed by atoms with Crippen LogP contribution in [-0.2, 0) is 14.8 Å². The smallest absolute Gasteiger partial charge is 0.322 e. The fourth-order valence-electron chi connectivity index (χ4n) is 2.39. The van der Waals surface area contributed by atoms with E-state index in [0.29, 0.717) is 6.42 Å². The van der Waals surface area contributed by atoms with Crippen molar-refractivity contribution in [3.8, 4) is 5.75 Å². The number of nitrogens with zero attached hydrogens (tertiary/aromatic N) is 2. The first kappa shape index (κ1) is 16.2. The summed E-state index contributed by atoms with van der Waals surface area (Å²) in [5, 5.41) is 20.2. The molecule has 1 aliphatic rings. The normalized spacial score (nSPS) is 19.0. The van der Waals surface area contributed by atoms with Crippen LogP contribution in [0.3, 0.4) is 0 Å². The van der Waals surface area contributed by atoms with Crippen LogP contribution in [0.15, 0.2) is 23.1 Å². The van der Waals surface area contributed by atoms with E-state index in [2.05, 4.69) is 0 Å². The fourth-order valence-corrected chi connectivity index (χ4v) is 4.18. The van der Waals surface area contributed by atoms with Gasteiger partial charge in [-0.15, -0.1) is 0 Å². The third-order valence-corrected chi connectivity index (χ3v) is 5.39. The second-order valence-corrected chi connectivity index (χ2v) is 6.56. The van der Waals surface area contributed by atoms with Crippen molar-refractivity contribution in [2.24, 2.45) is 0 Å². The summed E-state index contributed by atoms with van der Waals surface area (Å²) < 4.78 is 30.8. The zero-order valence-corrected chi connectivity index (χ0v) is 12.4. The molecule has 10 heteroatoms. The third-order valence-electron chi connectivity index (χ3n) is 3.44. The van der Waals surface area contributed by atoms with E-state index in [9.17, 15) is 23.3 Å². The number of hydrogen-bond acceptors (Lipinski definition) is 6. The van der Waals surface area contributed by atoms with E-state index in [1.807, 2.05) is 0 Å². The number of benzene rings is 1. The average molecular weight is 330 g/mol. The van der Waals surface area contributed by atoms with Crippen LogP contribution in [0.1, 0.15) is 12.8 Å². The maximum atomic E-state index is 12.6. The zero-order chi connectivity index (χ0) is 16.5. The van der Waals surface area contributed by atoms with Crippen molar-refractivity contribution in [1.29, 1.82) is 0 Å². The number of sulfonamides is 1. The summed E-state index contributed by atoms with van der Waals surface area (Å²) in [6.45, 7) is 0.0164. The standard InChI is InChI=1S/C12H14N2O7S/c1-21-8-4-5-11(10(7-8)14(17)18)22(19,20)13-6-2-3-9(13)12(15)16/h4-5,7,9H,2-3,6H2,1H3,(H,15,16)/t9-/m0/s1. The summed E-state index contributed by atoms with van der Waals surface area (Å²) >= 11 is 0. The molecule has 1 aliphatic heterocycles. The Labute approximate surface area is 126 Å². The Balaban J connectivity index is 2.54. The van der Waals surface area contributed by atoms with E-state index < -0.39 is 37.5 Å². The number of rotatable bonds is 5. The molecule has 1 N–H and O–H groups in total. The molecule has 120 valence electrons. The van der Waals surface area contributed by atoms with Crippen LogP contribution < -0.4 is 4.74 Å². The summed E-state index contributed by atoms with van der Waals surface area (Å²) in [4.78, 5) is 20.9. The number of methoxy groups -OCH3 is 1. The highest BCUT2D eigenvalue weighted by molar-refractivity contribution is 7.89. The Kier molecular flexibility index (Phi) is 4.33. The first-order valence-corrected chi connectivity index (χ1v) is 7.80. The van der Waals surface area contributed by atoms with Crippen molar-refractivity contribution < 1.29 is 28.0 Å². The van der Waals surface area contributed by atoms with Gasteiger partial charge in [-0.25, -0.2) is 8.42 Å². The van der Waals surface area contributed by atoms with E-state index >= 15 is 0 Å². The predicted octanol–water partition coefficient (Wildman–Crippen LogP) is 0.841. The lowest BCUT2D eigenvalue weighted by Crippen LogP contribution is -2.40. The van der Waals surface area contributed by atoms with Gasteiger partial charge in [-0.2, -0.15) is 4.31 Å². The summed E-state index contributed by atoms with van der Waals surface area (Å²) in [5.41, 5.74) is -0.643. The van der Waals surface area contributed by atoms with Crippen molar-refractivity contribution in [2.45, 2.75) is 23.8 Å². The SMILES string of the molecule is COc1ccc(S(=O)(=O)N2CCC[C@H]2C(=O)O)c([N+](=O)[O-])c1. The van der Waals surface area contributed by atoms with Gasteiger partial charge in [0.15, 0.2) is 4.90 Å². The number of carbonyl (C=O) groups is 1. The third kappa shape index (κ3) is 2.74. The first-order chi connectivity index (χ1) is 10.3. The topological polar surface area (TPSA) is 127 Å². The van der Waals surface area contributed by atoms with Crippen molar-refractivity contribution in [2.75, 3.05) is 13.7 Å². The zero-order valence-electron chi connectivity index (χ0n) is 11.6. The van der Waals surface area contributed by atoms with Gasteiger partial charge in [-0.05, 0) is 25.0 Å². The molecular weight excluding hydrogens is 316 g/mol. The highest BCUT2D eigenvalue weighted by Gasteiger charge is 2.42. The van der Waals surface area contributed by atoms with Gasteiger partial charge in [0.25, 0.3) is 15.7 Å². The number of ether oxygens (including phenoxy) is 1. The van der Waals surface area contributed by atoms with Crippen molar-refractivity contribution in [3.63, 3.8) is 0 Å². The Morgan fingerprint density at radius 2 is 2.18 bits per heavy atom. The number of nitro benzene ring substituents is 1. The van der Waals surface area contributed by atoms with Crippen molar-refractivity contribution >= 4 is 21.7 Å². The lowest BCUT2D eigenvalue weighted by Gasteiger charge is -2.20. The molecule has 0 spiro atoms. The number of aliphatic carboxylic acids is 1. The number of nitro groups is 1. The molecule has 1 heterocycles. The lowest BCUT2D eigenvalue weighted by molar-refractivity contribution is -0.387. The number of carboxylic acid groups (broad SMARTS) is 1. The maximum Gasteiger partial charge on any atom is 0.322 e. The predicted molar refractivity (Wildman–Crippen MR) is 74.2 cm³/mol. The van der Waals surface area contributed by atoms with Crippen LogP contribution in [0.4, 0.5) is 5.69 Å². The summed E-state index contributed by atoms with van der Waals surface area (Å²) in [6.07, 6.45) is 0.568. The highest BCUT2D eigenvalue weighted by Crippen LogP contribution is 2.33. The van der Waals surface area contributed by atoms with Gasteiger partial charge in [0, 0.05) is 6.54 Å². The molecule has 1 aromatic carbocycles. The largest absolute Gasteiger partial charge is 0.497 e. The molecular formula is C12H14N2O7S. The summed E-state index contributed by atoms with van der Waals surface area (Å²) in [7, 11) is -2.98. The Hall–Kier alpha value is -2.20. The maximum absolute atomic E-state index is 12.6. The van der Waals surface area contributed by atoms with E-state index in [1.54, 1.807) is 0 Å². The highest BCUT2D eigenvalue weighted by atomic mass is 32.2. The van der Waals surface area contributed by atoms with Crippen LogP contribution in [0, 0.1) is 10.1 Å². The Bertz CT molecular complexity index is 716. The minimum absolute atomic E-state index is 0.0164. The fraction of sp³-hybridized carbons (Fsp3) is 0.417. The molecule has 1 saturated heterocycles. The van der Waals surface area contributed by atoms with E-state index in [-0.39, 0.29) is 18.7 Å².